The number of ether oxygens (including phenoxy) is 1. The molecule has 0 spiro atoms. The minimum Gasteiger partial charge on any atom is -0.481 e. The molecule has 0 fully saturated rings. The number of hydrogen-bond donors (Lipinski definition) is 0. The third-order valence-corrected chi connectivity index (χ3v) is 2.07. The van der Waals surface area contributed by atoms with Crippen molar-refractivity contribution in [1.82, 2.24) is 4.98 Å². The predicted molar refractivity (Wildman–Crippen MR) is 60.7 cm³/mol. The summed E-state index contributed by atoms with van der Waals surface area (Å²) in [4.78, 5) is 4.25. The second-order valence-corrected chi connectivity index (χ2v) is 3.07. The molecule has 0 unspecified atom stereocenters. The van der Waals surface area contributed by atoms with Gasteiger partial charge in [-0.25, -0.2) is 0 Å². The van der Waals surface area contributed by atoms with Crippen molar-refractivity contribution in [3.8, 4) is 17.6 Å². The van der Waals surface area contributed by atoms with Crippen molar-refractivity contribution in [2.75, 3.05) is 6.61 Å². The summed E-state index contributed by atoms with van der Waals surface area (Å²) in [5, 5.41) is 1.12. The van der Waals surface area contributed by atoms with Crippen molar-refractivity contribution in [1.29, 1.82) is 0 Å². The Bertz CT molecular complexity index is 523. The van der Waals surface area contributed by atoms with E-state index >= 15 is 0 Å². The quantitative estimate of drug-likeness (QED) is 0.690. The van der Waals surface area contributed by atoms with Gasteiger partial charge in [0.25, 0.3) is 0 Å². The molecule has 0 bridgehead atoms. The maximum atomic E-state index is 5.44. The average molecular weight is 197 g/mol. The molecule has 0 atom stereocenters. The molecule has 2 aromatic rings. The molecule has 0 saturated heterocycles. The summed E-state index contributed by atoms with van der Waals surface area (Å²) < 4.78 is 5.44. The predicted octanol–water partition coefficient (Wildman–Crippen LogP) is 2.64. The zero-order valence-electron chi connectivity index (χ0n) is 8.53. The summed E-state index contributed by atoms with van der Waals surface area (Å²) in [5.41, 5.74) is 0.944. The van der Waals surface area contributed by atoms with E-state index in [0.717, 1.165) is 16.7 Å². The van der Waals surface area contributed by atoms with Gasteiger partial charge in [0.15, 0.2) is 0 Å². The standard InChI is InChI=1S/C13H11NO/c1-2-3-9-15-12-7-6-11-5-4-8-14-13(11)10-12/h4-8,10H,9H2,1H3. The van der Waals surface area contributed by atoms with Crippen molar-refractivity contribution >= 4 is 10.9 Å². The molecular weight excluding hydrogens is 186 g/mol. The zero-order valence-corrected chi connectivity index (χ0v) is 8.53. The van der Waals surface area contributed by atoms with Gasteiger partial charge in [0, 0.05) is 17.6 Å². The van der Waals surface area contributed by atoms with Crippen LogP contribution >= 0.6 is 0 Å². The van der Waals surface area contributed by atoms with Gasteiger partial charge < -0.3 is 4.74 Å². The highest BCUT2D eigenvalue weighted by Crippen LogP contribution is 2.18. The summed E-state index contributed by atoms with van der Waals surface area (Å²) in [5.74, 6) is 6.45. The van der Waals surface area contributed by atoms with Crippen LogP contribution < -0.4 is 4.74 Å². The minimum atomic E-state index is 0.425. The molecule has 1 heterocycles. The highest BCUT2D eigenvalue weighted by Gasteiger charge is 1.96. The molecule has 74 valence electrons. The Balaban J connectivity index is 2.25. The van der Waals surface area contributed by atoms with Gasteiger partial charge in [0.1, 0.15) is 12.4 Å². The highest BCUT2D eigenvalue weighted by atomic mass is 16.5. The first-order chi connectivity index (χ1) is 7.40. The molecule has 0 aliphatic heterocycles. The second-order valence-electron chi connectivity index (χ2n) is 3.07. The Morgan fingerprint density at radius 3 is 3.13 bits per heavy atom. The van der Waals surface area contributed by atoms with Crippen LogP contribution in [0.5, 0.6) is 5.75 Å². The molecule has 2 nitrogen and oxygen atoms in total. The highest BCUT2D eigenvalue weighted by molar-refractivity contribution is 5.79. The van der Waals surface area contributed by atoms with E-state index in [4.69, 9.17) is 4.74 Å². The van der Waals surface area contributed by atoms with Crippen molar-refractivity contribution in [2.45, 2.75) is 6.92 Å². The lowest BCUT2D eigenvalue weighted by atomic mass is 10.2. The van der Waals surface area contributed by atoms with Crippen LogP contribution in [-0.2, 0) is 0 Å². The van der Waals surface area contributed by atoms with Crippen molar-refractivity contribution in [3.63, 3.8) is 0 Å². The summed E-state index contributed by atoms with van der Waals surface area (Å²) in [6.45, 7) is 2.22. The Hall–Kier alpha value is -2.01. The fourth-order valence-corrected chi connectivity index (χ4v) is 1.33. The monoisotopic (exact) mass is 197 g/mol. The molecule has 0 aliphatic carbocycles. The molecule has 2 heteroatoms. The number of benzene rings is 1. The van der Waals surface area contributed by atoms with E-state index < -0.39 is 0 Å². The van der Waals surface area contributed by atoms with E-state index in [-0.39, 0.29) is 0 Å². The third kappa shape index (κ3) is 2.26. The normalized spacial score (nSPS) is 9.40. The average Bonchev–Trinajstić information content (AvgIpc) is 2.29. The van der Waals surface area contributed by atoms with Crippen molar-refractivity contribution in [2.24, 2.45) is 0 Å². The minimum absolute atomic E-state index is 0.425. The van der Waals surface area contributed by atoms with Crippen LogP contribution in [0.2, 0.25) is 0 Å². The van der Waals surface area contributed by atoms with Gasteiger partial charge in [-0.05, 0) is 25.1 Å². The van der Waals surface area contributed by atoms with Crippen LogP contribution in [0.1, 0.15) is 6.92 Å². The number of fused-ring (bicyclic) bond motifs is 1. The van der Waals surface area contributed by atoms with Crippen LogP contribution in [-0.4, -0.2) is 11.6 Å². The summed E-state index contributed by atoms with van der Waals surface area (Å²) in [7, 11) is 0. The Labute approximate surface area is 88.9 Å². The fraction of sp³-hybridized carbons (Fsp3) is 0.154. The zero-order chi connectivity index (χ0) is 10.5. The summed E-state index contributed by atoms with van der Waals surface area (Å²) >= 11 is 0. The smallest absolute Gasteiger partial charge is 0.149 e. The van der Waals surface area contributed by atoms with Crippen molar-refractivity contribution in [3.05, 3.63) is 36.5 Å². The van der Waals surface area contributed by atoms with Gasteiger partial charge in [-0.1, -0.05) is 12.0 Å². The molecule has 0 saturated carbocycles. The molecule has 1 aromatic carbocycles. The fourth-order valence-electron chi connectivity index (χ4n) is 1.33. The number of aromatic nitrogens is 1. The van der Waals surface area contributed by atoms with Crippen LogP contribution in [0.4, 0.5) is 0 Å². The molecule has 15 heavy (non-hydrogen) atoms. The van der Waals surface area contributed by atoms with Gasteiger partial charge in [-0.3, -0.25) is 4.98 Å². The van der Waals surface area contributed by atoms with E-state index in [9.17, 15) is 0 Å². The molecule has 0 aliphatic rings. The Morgan fingerprint density at radius 1 is 1.33 bits per heavy atom. The summed E-state index contributed by atoms with van der Waals surface area (Å²) in [6.07, 6.45) is 1.78. The topological polar surface area (TPSA) is 22.1 Å². The largest absolute Gasteiger partial charge is 0.481 e. The van der Waals surface area contributed by atoms with E-state index in [1.54, 1.807) is 13.1 Å². The number of hydrogen-bond acceptors (Lipinski definition) is 2. The number of nitrogens with zero attached hydrogens (tertiary/aromatic N) is 1. The van der Waals surface area contributed by atoms with E-state index in [1.165, 1.54) is 0 Å². The molecule has 0 radical (unpaired) electrons. The maximum absolute atomic E-state index is 5.44. The van der Waals surface area contributed by atoms with Crippen molar-refractivity contribution < 1.29 is 4.74 Å². The van der Waals surface area contributed by atoms with Gasteiger partial charge >= 0.3 is 0 Å². The first-order valence-corrected chi connectivity index (χ1v) is 4.77. The Morgan fingerprint density at radius 2 is 2.27 bits per heavy atom. The van der Waals surface area contributed by atoms with Crippen LogP contribution in [0.3, 0.4) is 0 Å². The maximum Gasteiger partial charge on any atom is 0.149 e. The van der Waals surface area contributed by atoms with E-state index in [1.807, 2.05) is 30.3 Å². The third-order valence-electron chi connectivity index (χ3n) is 2.07. The SMILES string of the molecule is CC#CCOc1ccc2cccnc2c1. The first kappa shape index (κ1) is 9.54. The van der Waals surface area contributed by atoms with Crippen LogP contribution in [0.25, 0.3) is 10.9 Å². The van der Waals surface area contributed by atoms with Crippen LogP contribution in [0.15, 0.2) is 36.5 Å². The molecule has 0 N–H and O–H groups in total. The van der Waals surface area contributed by atoms with Crippen LogP contribution in [0, 0.1) is 11.8 Å². The Kier molecular flexibility index (Phi) is 2.85. The molecule has 1 aromatic heterocycles. The molecule has 0 amide bonds. The van der Waals surface area contributed by atoms with Gasteiger partial charge in [-0.15, -0.1) is 5.92 Å². The van der Waals surface area contributed by atoms with Gasteiger partial charge in [0.2, 0.25) is 0 Å². The van der Waals surface area contributed by atoms with E-state index in [0.29, 0.717) is 6.61 Å². The molecular formula is C13H11NO. The van der Waals surface area contributed by atoms with Gasteiger partial charge in [0.05, 0.1) is 5.52 Å². The van der Waals surface area contributed by atoms with E-state index in [2.05, 4.69) is 16.8 Å². The molecule has 2 rings (SSSR count). The summed E-state index contributed by atoms with van der Waals surface area (Å²) in [6, 6.07) is 9.80. The second kappa shape index (κ2) is 4.47. The lowest BCUT2D eigenvalue weighted by Crippen LogP contribution is -1.93. The number of rotatable bonds is 2. The number of pyridine rings is 1. The lowest BCUT2D eigenvalue weighted by Gasteiger charge is -2.02. The van der Waals surface area contributed by atoms with Gasteiger partial charge in [-0.2, -0.15) is 0 Å². The first-order valence-electron chi connectivity index (χ1n) is 4.77. The lowest BCUT2D eigenvalue weighted by molar-refractivity contribution is 0.370.